The molecule has 0 aromatic carbocycles. The van der Waals surface area contributed by atoms with Crippen LogP contribution in [0.15, 0.2) is 0 Å². The van der Waals surface area contributed by atoms with Crippen LogP contribution in [0, 0.1) is 0 Å². The largest absolute Gasteiger partial charge is 1.00 e. The molecule has 0 aromatic rings. The fourth-order valence-corrected chi connectivity index (χ4v) is 0.362. The van der Waals surface area contributed by atoms with Gasteiger partial charge in [-0.05, 0) is 6.42 Å². The van der Waals surface area contributed by atoms with Gasteiger partial charge >= 0.3 is 51.4 Å². The minimum atomic E-state index is 0. The van der Waals surface area contributed by atoms with Crippen molar-refractivity contribution in [2.45, 2.75) is 26.2 Å². The van der Waals surface area contributed by atoms with Gasteiger partial charge in [0.25, 0.3) is 0 Å². The maximum atomic E-state index is 8.20. The summed E-state index contributed by atoms with van der Waals surface area (Å²) in [5, 5.41) is 8.20. The second kappa shape index (κ2) is 10.6. The van der Waals surface area contributed by atoms with Crippen molar-refractivity contribution in [1.29, 1.82) is 0 Å². The molecule has 0 unspecified atom stereocenters. The van der Waals surface area contributed by atoms with E-state index in [9.17, 15) is 0 Å². The fraction of sp³-hybridized carbons (Fsp3) is 1.00. The minimum Gasteiger partial charge on any atom is -1.00 e. The van der Waals surface area contributed by atoms with Crippen LogP contribution in [0.1, 0.15) is 27.6 Å². The maximum absolute atomic E-state index is 8.20. The van der Waals surface area contributed by atoms with Crippen LogP contribution in [-0.2, 0) is 0 Å². The predicted octanol–water partition coefficient (Wildman–Crippen LogP) is -1.71. The molecule has 0 fully saturated rings. The first-order chi connectivity index (χ1) is 2.91. The van der Waals surface area contributed by atoms with Gasteiger partial charge in [0.05, 0.1) is 0 Å². The van der Waals surface area contributed by atoms with E-state index in [-0.39, 0.29) is 52.8 Å². The van der Waals surface area contributed by atoms with E-state index in [1.807, 2.05) is 0 Å². The Balaban J connectivity index is -0.000000125. The van der Waals surface area contributed by atoms with Gasteiger partial charge in [-0.2, -0.15) is 0 Å². The molecule has 0 saturated carbocycles. The zero-order chi connectivity index (χ0) is 4.83. The molecular weight excluding hydrogens is 115 g/mol. The Morgan fingerprint density at radius 1 is 1.43 bits per heavy atom. The van der Waals surface area contributed by atoms with Crippen molar-refractivity contribution in [3.8, 4) is 0 Å². The maximum Gasteiger partial charge on any atom is 1.00 e. The first kappa shape index (κ1) is 11.4. The summed E-state index contributed by atoms with van der Waals surface area (Å²) in [6.45, 7) is 2.48. The van der Waals surface area contributed by atoms with E-state index in [4.69, 9.17) is 5.11 Å². The van der Waals surface area contributed by atoms with Crippen molar-refractivity contribution in [3.05, 3.63) is 0 Å². The molecule has 0 spiro atoms. The summed E-state index contributed by atoms with van der Waals surface area (Å²) < 4.78 is 0. The Hall–Kier alpha value is 1.60. The molecule has 7 heavy (non-hydrogen) atoms. The van der Waals surface area contributed by atoms with Crippen LogP contribution in [0.2, 0.25) is 0 Å². The number of hydrogen-bond acceptors (Lipinski definition) is 1. The van der Waals surface area contributed by atoms with E-state index in [1.165, 1.54) is 6.42 Å². The molecule has 0 aliphatic heterocycles. The second-order valence-corrected chi connectivity index (χ2v) is 1.43. The van der Waals surface area contributed by atoms with Gasteiger partial charge in [-0.1, -0.05) is 19.8 Å². The van der Waals surface area contributed by atoms with Gasteiger partial charge in [0.1, 0.15) is 0 Å². The SMILES string of the molecule is CCCCCO.[H-].[K+]. The third-order valence-electron chi connectivity index (χ3n) is 0.762. The van der Waals surface area contributed by atoms with Crippen molar-refractivity contribution in [1.82, 2.24) is 0 Å². The number of hydrogen-bond donors (Lipinski definition) is 1. The predicted molar refractivity (Wildman–Crippen MR) is 27.7 cm³/mol. The first-order valence-electron chi connectivity index (χ1n) is 2.52. The average Bonchev–Trinajstić information content (AvgIpc) is 1.61. The Labute approximate surface area is 89.4 Å². The molecular formula is C5H13KO. The third kappa shape index (κ3) is 11.3. The van der Waals surface area contributed by atoms with E-state index in [2.05, 4.69) is 6.92 Å². The Morgan fingerprint density at radius 2 is 2.00 bits per heavy atom. The normalized spacial score (nSPS) is 7.71. The van der Waals surface area contributed by atoms with E-state index >= 15 is 0 Å². The van der Waals surface area contributed by atoms with Gasteiger partial charge < -0.3 is 6.53 Å². The van der Waals surface area contributed by atoms with E-state index in [1.54, 1.807) is 0 Å². The summed E-state index contributed by atoms with van der Waals surface area (Å²) in [5.41, 5.74) is 0. The summed E-state index contributed by atoms with van der Waals surface area (Å²) in [5.74, 6) is 0. The number of unbranched alkanes of at least 4 members (excludes halogenated alkanes) is 2. The smallest absolute Gasteiger partial charge is 1.00 e. The number of aliphatic hydroxyl groups excluding tert-OH is 1. The van der Waals surface area contributed by atoms with Gasteiger partial charge in [-0.3, -0.25) is 0 Å². The molecule has 0 radical (unpaired) electrons. The summed E-state index contributed by atoms with van der Waals surface area (Å²) in [4.78, 5) is 0. The molecule has 1 nitrogen and oxygen atoms in total. The van der Waals surface area contributed by atoms with Crippen LogP contribution < -0.4 is 51.4 Å². The minimum absolute atomic E-state index is 0. The van der Waals surface area contributed by atoms with Crippen molar-refractivity contribution >= 4 is 0 Å². The second-order valence-electron chi connectivity index (χ2n) is 1.43. The van der Waals surface area contributed by atoms with Crippen LogP contribution in [-0.4, -0.2) is 11.7 Å². The van der Waals surface area contributed by atoms with Gasteiger partial charge in [0.2, 0.25) is 0 Å². The fourth-order valence-electron chi connectivity index (χ4n) is 0.362. The standard InChI is InChI=1S/C5H12O.K.H/c1-2-3-4-5-6;;/h6H,2-5H2,1H3;;/q;+1;-1. The Bertz CT molecular complexity index is 24.4. The van der Waals surface area contributed by atoms with Gasteiger partial charge in [-0.25, -0.2) is 0 Å². The molecule has 0 heterocycles. The topological polar surface area (TPSA) is 20.2 Å². The first-order valence-corrected chi connectivity index (χ1v) is 2.52. The van der Waals surface area contributed by atoms with Crippen LogP contribution in [0.25, 0.3) is 0 Å². The molecule has 0 aromatic heterocycles. The van der Waals surface area contributed by atoms with Crippen molar-refractivity contribution in [2.75, 3.05) is 6.61 Å². The summed E-state index contributed by atoms with van der Waals surface area (Å²) >= 11 is 0. The molecule has 0 aliphatic rings. The van der Waals surface area contributed by atoms with Crippen LogP contribution >= 0.6 is 0 Å². The molecule has 0 bridgehead atoms. The van der Waals surface area contributed by atoms with E-state index < -0.39 is 0 Å². The summed E-state index contributed by atoms with van der Waals surface area (Å²) in [7, 11) is 0. The average molecular weight is 128 g/mol. The summed E-state index contributed by atoms with van der Waals surface area (Å²) in [6.07, 6.45) is 3.33. The quantitative estimate of drug-likeness (QED) is 0.354. The van der Waals surface area contributed by atoms with Gasteiger partial charge in [0, 0.05) is 6.61 Å². The van der Waals surface area contributed by atoms with Crippen LogP contribution in [0.5, 0.6) is 0 Å². The monoisotopic (exact) mass is 128 g/mol. The molecule has 0 atom stereocenters. The van der Waals surface area contributed by atoms with Gasteiger partial charge in [0.15, 0.2) is 0 Å². The van der Waals surface area contributed by atoms with E-state index in [0.29, 0.717) is 6.61 Å². The molecule has 0 saturated heterocycles. The molecule has 40 valence electrons. The zero-order valence-electron chi connectivity index (χ0n) is 6.28. The third-order valence-corrected chi connectivity index (χ3v) is 0.762. The molecule has 0 aliphatic carbocycles. The molecule has 0 rings (SSSR count). The van der Waals surface area contributed by atoms with Crippen LogP contribution in [0.4, 0.5) is 0 Å². The number of aliphatic hydroxyl groups is 1. The van der Waals surface area contributed by atoms with Crippen molar-refractivity contribution < 1.29 is 57.9 Å². The molecule has 0 amide bonds. The van der Waals surface area contributed by atoms with Crippen molar-refractivity contribution in [2.24, 2.45) is 0 Å². The van der Waals surface area contributed by atoms with Crippen LogP contribution in [0.3, 0.4) is 0 Å². The van der Waals surface area contributed by atoms with Crippen molar-refractivity contribution in [3.63, 3.8) is 0 Å². The Morgan fingerprint density at radius 3 is 2.14 bits per heavy atom. The number of rotatable bonds is 3. The zero-order valence-corrected chi connectivity index (χ0v) is 8.40. The summed E-state index contributed by atoms with van der Waals surface area (Å²) in [6, 6.07) is 0. The Kier molecular flexibility index (Phi) is 17.2. The molecule has 2 heteroatoms. The van der Waals surface area contributed by atoms with Gasteiger partial charge in [-0.15, -0.1) is 0 Å². The van der Waals surface area contributed by atoms with E-state index in [0.717, 1.165) is 12.8 Å². The molecule has 1 N–H and O–H groups in total.